The molecular weight excluding hydrogens is 397 g/mol. The van der Waals surface area contributed by atoms with Crippen LogP contribution in [0.25, 0.3) is 5.65 Å². The maximum Gasteiger partial charge on any atom is 0.433 e. The topological polar surface area (TPSA) is 68.3 Å². The van der Waals surface area contributed by atoms with E-state index in [1.807, 2.05) is 20.0 Å². The minimum Gasteiger partial charge on any atom is -0.336 e. The fourth-order valence-corrected chi connectivity index (χ4v) is 3.06. The van der Waals surface area contributed by atoms with Crippen LogP contribution in [0.3, 0.4) is 0 Å². The van der Waals surface area contributed by atoms with Crippen LogP contribution in [0, 0.1) is 6.92 Å². The predicted molar refractivity (Wildman–Crippen MR) is 105 cm³/mol. The number of aryl methyl sites for hydroxylation is 2. The summed E-state index contributed by atoms with van der Waals surface area (Å²) in [5.41, 5.74) is 0.270. The molecule has 0 radical (unpaired) electrons. The van der Waals surface area contributed by atoms with Crippen LogP contribution in [0.2, 0.25) is 0 Å². The Labute approximate surface area is 172 Å². The highest BCUT2D eigenvalue weighted by Gasteiger charge is 2.36. The summed E-state index contributed by atoms with van der Waals surface area (Å²) in [5, 5.41) is 8.28. The maximum absolute atomic E-state index is 13.6. The van der Waals surface area contributed by atoms with Gasteiger partial charge in [0.25, 0.3) is 5.91 Å². The Morgan fingerprint density at radius 3 is 2.37 bits per heavy atom. The number of nitrogens with zero attached hydrogens (tertiary/aromatic N) is 6. The normalized spacial score (nSPS) is 12.6. The minimum atomic E-state index is -4.63. The summed E-state index contributed by atoms with van der Waals surface area (Å²) in [5.74, 6) is -0.491. The molecule has 3 aromatic heterocycles. The molecule has 30 heavy (non-hydrogen) atoms. The number of fused-ring (bicyclic) bond motifs is 1. The van der Waals surface area contributed by atoms with Gasteiger partial charge >= 0.3 is 6.18 Å². The van der Waals surface area contributed by atoms with Gasteiger partial charge in [-0.25, -0.2) is 9.50 Å². The first-order chi connectivity index (χ1) is 13.8. The van der Waals surface area contributed by atoms with Gasteiger partial charge < -0.3 is 4.90 Å². The van der Waals surface area contributed by atoms with E-state index in [2.05, 4.69) is 15.2 Å². The Kier molecular flexibility index (Phi) is 5.38. The van der Waals surface area contributed by atoms with Gasteiger partial charge in [-0.2, -0.15) is 23.4 Å². The van der Waals surface area contributed by atoms with Gasteiger partial charge in [-0.3, -0.25) is 9.48 Å². The predicted octanol–water partition coefficient (Wildman–Crippen LogP) is 3.84. The fraction of sp³-hybridized carbons (Fsp3) is 0.500. The van der Waals surface area contributed by atoms with Gasteiger partial charge in [0.05, 0.1) is 11.4 Å². The van der Waals surface area contributed by atoms with Crippen molar-refractivity contribution in [1.29, 1.82) is 0 Å². The molecule has 0 bridgehead atoms. The van der Waals surface area contributed by atoms with Crippen molar-refractivity contribution in [2.45, 2.75) is 59.3 Å². The number of alkyl halides is 3. The SMILES string of the molecule is CCn1cc(CN(C)C(=O)c2cc3nc(C(C)(C)C)cc(C(F)(F)F)n3n2)c(C)n1. The van der Waals surface area contributed by atoms with Gasteiger partial charge in [-0.1, -0.05) is 20.8 Å². The number of carbonyl (C=O) groups is 1. The molecule has 3 rings (SSSR count). The fourth-order valence-electron chi connectivity index (χ4n) is 3.06. The van der Waals surface area contributed by atoms with E-state index in [0.29, 0.717) is 11.1 Å². The lowest BCUT2D eigenvalue weighted by Gasteiger charge is -2.19. The Bertz CT molecular complexity index is 1090. The molecule has 7 nitrogen and oxygen atoms in total. The van der Waals surface area contributed by atoms with Crippen LogP contribution in [0.15, 0.2) is 18.3 Å². The average molecular weight is 422 g/mol. The lowest BCUT2D eigenvalue weighted by Crippen LogP contribution is -2.27. The molecule has 3 heterocycles. The lowest BCUT2D eigenvalue weighted by atomic mass is 9.91. The van der Waals surface area contributed by atoms with Crippen molar-refractivity contribution in [2.24, 2.45) is 0 Å². The van der Waals surface area contributed by atoms with Crippen molar-refractivity contribution < 1.29 is 18.0 Å². The van der Waals surface area contributed by atoms with Gasteiger partial charge in [-0.15, -0.1) is 0 Å². The molecule has 1 amide bonds. The molecule has 0 unspecified atom stereocenters. The van der Waals surface area contributed by atoms with Gasteiger partial charge in [-0.05, 0) is 19.9 Å². The van der Waals surface area contributed by atoms with Crippen LogP contribution in [-0.2, 0) is 24.7 Å². The third-order valence-corrected chi connectivity index (χ3v) is 4.83. The Morgan fingerprint density at radius 1 is 1.17 bits per heavy atom. The van der Waals surface area contributed by atoms with Crippen molar-refractivity contribution in [3.63, 3.8) is 0 Å². The summed E-state index contributed by atoms with van der Waals surface area (Å²) in [6, 6.07) is 2.28. The van der Waals surface area contributed by atoms with Crippen LogP contribution in [0.4, 0.5) is 13.2 Å². The number of rotatable bonds is 4. The van der Waals surface area contributed by atoms with Crippen molar-refractivity contribution in [3.05, 3.63) is 46.7 Å². The first-order valence-corrected chi connectivity index (χ1v) is 9.58. The second-order valence-corrected chi connectivity index (χ2v) is 8.33. The lowest BCUT2D eigenvalue weighted by molar-refractivity contribution is -0.142. The van der Waals surface area contributed by atoms with E-state index < -0.39 is 23.2 Å². The van der Waals surface area contributed by atoms with E-state index in [1.165, 1.54) is 11.0 Å². The second-order valence-electron chi connectivity index (χ2n) is 8.33. The molecule has 0 spiro atoms. The quantitative estimate of drug-likeness (QED) is 0.641. The zero-order chi connectivity index (χ0) is 22.4. The van der Waals surface area contributed by atoms with Crippen LogP contribution in [0.1, 0.15) is 60.8 Å². The highest BCUT2D eigenvalue weighted by atomic mass is 19.4. The molecule has 0 aliphatic carbocycles. The number of carbonyl (C=O) groups excluding carboxylic acids is 1. The summed E-state index contributed by atoms with van der Waals surface area (Å²) in [4.78, 5) is 18.6. The van der Waals surface area contributed by atoms with Crippen LogP contribution in [0.5, 0.6) is 0 Å². The zero-order valence-corrected chi connectivity index (χ0v) is 17.9. The van der Waals surface area contributed by atoms with E-state index in [4.69, 9.17) is 0 Å². The molecule has 0 saturated carbocycles. The zero-order valence-electron chi connectivity index (χ0n) is 17.9. The van der Waals surface area contributed by atoms with Crippen LogP contribution in [-0.4, -0.2) is 42.2 Å². The third-order valence-electron chi connectivity index (χ3n) is 4.83. The molecule has 3 aromatic rings. The van der Waals surface area contributed by atoms with Crippen LogP contribution >= 0.6 is 0 Å². The summed E-state index contributed by atoms with van der Waals surface area (Å²) in [6.45, 7) is 10.1. The number of hydrogen-bond acceptors (Lipinski definition) is 4. The molecule has 0 saturated heterocycles. The summed E-state index contributed by atoms with van der Waals surface area (Å²) < 4.78 is 43.3. The van der Waals surface area contributed by atoms with Gasteiger partial charge in [0.2, 0.25) is 0 Å². The van der Waals surface area contributed by atoms with E-state index in [9.17, 15) is 18.0 Å². The molecule has 0 aliphatic heterocycles. The Balaban J connectivity index is 1.99. The van der Waals surface area contributed by atoms with Crippen LogP contribution < -0.4 is 0 Å². The summed E-state index contributed by atoms with van der Waals surface area (Å²) >= 11 is 0. The number of hydrogen-bond donors (Lipinski definition) is 0. The largest absolute Gasteiger partial charge is 0.433 e. The van der Waals surface area contributed by atoms with E-state index in [0.717, 1.165) is 17.3 Å². The highest BCUT2D eigenvalue weighted by molar-refractivity contribution is 5.93. The van der Waals surface area contributed by atoms with E-state index >= 15 is 0 Å². The molecule has 0 aromatic carbocycles. The van der Waals surface area contributed by atoms with Crippen molar-refractivity contribution in [2.75, 3.05) is 7.05 Å². The minimum absolute atomic E-state index is 0.0125. The molecular formula is C20H25F3N6O. The first-order valence-electron chi connectivity index (χ1n) is 9.58. The number of amides is 1. The molecule has 0 N–H and O–H groups in total. The van der Waals surface area contributed by atoms with Crippen molar-refractivity contribution >= 4 is 11.6 Å². The van der Waals surface area contributed by atoms with Gasteiger partial charge in [0.1, 0.15) is 5.69 Å². The maximum atomic E-state index is 13.6. The summed E-state index contributed by atoms with van der Waals surface area (Å²) in [6.07, 6.45) is -2.78. The Hall–Kier alpha value is -2.91. The molecule has 0 atom stereocenters. The van der Waals surface area contributed by atoms with E-state index in [1.54, 1.807) is 32.5 Å². The molecule has 162 valence electrons. The van der Waals surface area contributed by atoms with Gasteiger partial charge in [0.15, 0.2) is 11.3 Å². The van der Waals surface area contributed by atoms with Gasteiger partial charge in [0, 0.05) is 43.4 Å². The number of aromatic nitrogens is 5. The standard InChI is InChI=1S/C20H25F3N6O/c1-7-28-11-13(12(2)25-28)10-27(6)18(30)14-8-17-24-15(19(3,4)5)9-16(20(21,22)23)29(17)26-14/h8-9,11H,7,10H2,1-6H3. The molecule has 10 heteroatoms. The monoisotopic (exact) mass is 422 g/mol. The smallest absolute Gasteiger partial charge is 0.336 e. The molecule has 0 aliphatic rings. The number of halogens is 3. The second kappa shape index (κ2) is 7.41. The first kappa shape index (κ1) is 21.8. The average Bonchev–Trinajstić information content (AvgIpc) is 3.21. The van der Waals surface area contributed by atoms with E-state index in [-0.39, 0.29) is 23.6 Å². The van der Waals surface area contributed by atoms with Crippen molar-refractivity contribution in [3.8, 4) is 0 Å². The van der Waals surface area contributed by atoms with Crippen molar-refractivity contribution in [1.82, 2.24) is 29.3 Å². The Morgan fingerprint density at radius 2 is 1.83 bits per heavy atom. The third kappa shape index (κ3) is 4.17. The molecule has 0 fully saturated rings. The highest BCUT2D eigenvalue weighted by Crippen LogP contribution is 2.32. The summed E-state index contributed by atoms with van der Waals surface area (Å²) in [7, 11) is 1.58.